The third kappa shape index (κ3) is 3.22. The predicted octanol–water partition coefficient (Wildman–Crippen LogP) is 3.07. The summed E-state index contributed by atoms with van der Waals surface area (Å²) in [6.07, 6.45) is 8.77. The molecule has 0 aliphatic heterocycles. The van der Waals surface area contributed by atoms with Crippen LogP contribution >= 0.6 is 0 Å². The summed E-state index contributed by atoms with van der Waals surface area (Å²) in [5.41, 5.74) is 1.69. The van der Waals surface area contributed by atoms with Gasteiger partial charge in [0.1, 0.15) is 12.4 Å². The number of imidazole rings is 1. The molecule has 0 aliphatic carbocycles. The molecule has 1 aromatic carbocycles. The summed E-state index contributed by atoms with van der Waals surface area (Å²) in [7, 11) is 2.06. The standard InChI is InChI=1S/C16H23N2/c1-16(2,15-8-5-4-6-9-15)10-7-11-18-13-12-17(3)14-18/h4-6,8-9,12-14H,7,10-11H2,1-3H3/q+1. The van der Waals surface area contributed by atoms with E-state index in [1.54, 1.807) is 0 Å². The third-order valence-electron chi connectivity index (χ3n) is 3.60. The van der Waals surface area contributed by atoms with Gasteiger partial charge in [0.15, 0.2) is 0 Å². The van der Waals surface area contributed by atoms with Crippen LogP contribution in [0.2, 0.25) is 0 Å². The highest BCUT2D eigenvalue weighted by Gasteiger charge is 2.19. The topological polar surface area (TPSA) is 8.81 Å². The van der Waals surface area contributed by atoms with Crippen molar-refractivity contribution >= 4 is 0 Å². The van der Waals surface area contributed by atoms with Crippen LogP contribution < -0.4 is 4.57 Å². The number of aryl methyl sites for hydroxylation is 2. The molecule has 1 heterocycles. The lowest BCUT2D eigenvalue weighted by Gasteiger charge is -2.24. The second kappa shape index (κ2) is 5.38. The van der Waals surface area contributed by atoms with E-state index in [9.17, 15) is 0 Å². The molecular weight excluding hydrogens is 220 g/mol. The lowest BCUT2D eigenvalue weighted by atomic mass is 9.80. The summed E-state index contributed by atoms with van der Waals surface area (Å²) in [6, 6.07) is 10.8. The Labute approximate surface area is 110 Å². The van der Waals surface area contributed by atoms with Crippen LogP contribution in [0.1, 0.15) is 32.3 Å². The molecule has 0 radical (unpaired) electrons. The highest BCUT2D eigenvalue weighted by atomic mass is 15.1. The molecule has 0 atom stereocenters. The van der Waals surface area contributed by atoms with Crippen LogP contribution in [-0.4, -0.2) is 4.57 Å². The molecule has 0 saturated heterocycles. The second-order valence-electron chi connectivity index (χ2n) is 5.67. The van der Waals surface area contributed by atoms with Gasteiger partial charge in [0, 0.05) is 0 Å². The maximum absolute atomic E-state index is 2.33. The molecule has 0 aliphatic rings. The number of aromatic nitrogens is 2. The van der Waals surface area contributed by atoms with Crippen LogP contribution in [0.15, 0.2) is 49.1 Å². The summed E-state index contributed by atoms with van der Waals surface area (Å²) in [4.78, 5) is 0. The largest absolute Gasteiger partial charge is 0.243 e. The lowest BCUT2D eigenvalue weighted by molar-refractivity contribution is -0.671. The molecule has 1 aromatic heterocycles. The highest BCUT2D eigenvalue weighted by Crippen LogP contribution is 2.28. The molecule has 0 unspecified atom stereocenters. The van der Waals surface area contributed by atoms with Crippen LogP contribution in [0.5, 0.6) is 0 Å². The van der Waals surface area contributed by atoms with Crippen molar-refractivity contribution in [3.05, 3.63) is 54.6 Å². The van der Waals surface area contributed by atoms with Gasteiger partial charge >= 0.3 is 0 Å². The molecular formula is C16H23N2+. The van der Waals surface area contributed by atoms with Gasteiger partial charge in [-0.05, 0) is 23.8 Å². The molecule has 0 saturated carbocycles. The molecule has 0 bridgehead atoms. The number of benzene rings is 1. The first-order valence-corrected chi connectivity index (χ1v) is 6.64. The summed E-state index contributed by atoms with van der Waals surface area (Å²) in [5.74, 6) is 0. The van der Waals surface area contributed by atoms with Gasteiger partial charge in [0.05, 0.1) is 13.6 Å². The Morgan fingerprint density at radius 2 is 1.89 bits per heavy atom. The van der Waals surface area contributed by atoms with Crippen molar-refractivity contribution in [1.29, 1.82) is 0 Å². The number of nitrogens with zero attached hydrogens (tertiary/aromatic N) is 2. The van der Waals surface area contributed by atoms with E-state index in [0.29, 0.717) is 0 Å². The molecule has 0 amide bonds. The molecule has 2 rings (SSSR count). The Morgan fingerprint density at radius 3 is 2.50 bits per heavy atom. The van der Waals surface area contributed by atoms with E-state index in [2.05, 4.69) is 79.1 Å². The Balaban J connectivity index is 1.89. The first-order chi connectivity index (χ1) is 8.58. The molecule has 2 aromatic rings. The van der Waals surface area contributed by atoms with E-state index in [-0.39, 0.29) is 5.41 Å². The molecule has 0 fully saturated rings. The zero-order chi connectivity index (χ0) is 13.0. The second-order valence-corrected chi connectivity index (χ2v) is 5.67. The SMILES string of the molecule is C[n+]1ccn(CCCC(C)(C)c2ccccc2)c1. The van der Waals surface area contributed by atoms with Gasteiger partial charge < -0.3 is 0 Å². The molecule has 2 heteroatoms. The van der Waals surface area contributed by atoms with Gasteiger partial charge in [-0.1, -0.05) is 44.2 Å². The Kier molecular flexibility index (Phi) is 3.85. The van der Waals surface area contributed by atoms with Gasteiger partial charge in [-0.15, -0.1) is 0 Å². The number of rotatable bonds is 5. The fourth-order valence-corrected chi connectivity index (χ4v) is 2.37. The first kappa shape index (κ1) is 12.9. The Hall–Kier alpha value is -1.57. The van der Waals surface area contributed by atoms with Gasteiger partial charge in [-0.25, -0.2) is 9.13 Å². The van der Waals surface area contributed by atoms with E-state index in [1.165, 1.54) is 18.4 Å². The van der Waals surface area contributed by atoms with Crippen molar-refractivity contribution in [2.24, 2.45) is 7.05 Å². The highest BCUT2D eigenvalue weighted by molar-refractivity contribution is 5.23. The summed E-state index contributed by atoms with van der Waals surface area (Å²) in [6.45, 7) is 5.76. The normalized spacial score (nSPS) is 11.7. The van der Waals surface area contributed by atoms with Crippen molar-refractivity contribution in [2.45, 2.75) is 38.6 Å². The Bertz CT molecular complexity index is 483. The van der Waals surface area contributed by atoms with Crippen LogP contribution in [0, 0.1) is 0 Å². The van der Waals surface area contributed by atoms with E-state index >= 15 is 0 Å². The summed E-state index contributed by atoms with van der Waals surface area (Å²) < 4.78 is 4.34. The quantitative estimate of drug-likeness (QED) is 0.714. The van der Waals surface area contributed by atoms with Crippen LogP contribution in [-0.2, 0) is 19.0 Å². The fourth-order valence-electron chi connectivity index (χ4n) is 2.37. The van der Waals surface area contributed by atoms with Gasteiger partial charge in [-0.3, -0.25) is 0 Å². The third-order valence-corrected chi connectivity index (χ3v) is 3.60. The minimum absolute atomic E-state index is 0.261. The van der Waals surface area contributed by atoms with Crippen molar-refractivity contribution in [1.82, 2.24) is 4.57 Å². The number of hydrogen-bond acceptors (Lipinski definition) is 0. The summed E-state index contributed by atoms with van der Waals surface area (Å²) >= 11 is 0. The van der Waals surface area contributed by atoms with Crippen LogP contribution in [0.25, 0.3) is 0 Å². The first-order valence-electron chi connectivity index (χ1n) is 6.64. The molecule has 96 valence electrons. The predicted molar refractivity (Wildman–Crippen MR) is 74.3 cm³/mol. The zero-order valence-electron chi connectivity index (χ0n) is 11.6. The smallest absolute Gasteiger partial charge is 0.240 e. The van der Waals surface area contributed by atoms with E-state index in [1.807, 2.05) is 0 Å². The average molecular weight is 243 g/mol. The van der Waals surface area contributed by atoms with Crippen LogP contribution in [0.3, 0.4) is 0 Å². The van der Waals surface area contributed by atoms with Crippen molar-refractivity contribution in [3.8, 4) is 0 Å². The van der Waals surface area contributed by atoms with Gasteiger partial charge in [0.2, 0.25) is 6.33 Å². The van der Waals surface area contributed by atoms with E-state index < -0.39 is 0 Å². The molecule has 0 N–H and O–H groups in total. The minimum Gasteiger partial charge on any atom is -0.240 e. The molecule has 2 nitrogen and oxygen atoms in total. The van der Waals surface area contributed by atoms with E-state index in [0.717, 1.165) is 6.54 Å². The van der Waals surface area contributed by atoms with Crippen LogP contribution in [0.4, 0.5) is 0 Å². The van der Waals surface area contributed by atoms with Gasteiger partial charge in [-0.2, -0.15) is 0 Å². The van der Waals surface area contributed by atoms with Crippen molar-refractivity contribution in [3.63, 3.8) is 0 Å². The lowest BCUT2D eigenvalue weighted by Crippen LogP contribution is -2.24. The van der Waals surface area contributed by atoms with E-state index in [4.69, 9.17) is 0 Å². The molecule has 18 heavy (non-hydrogen) atoms. The van der Waals surface area contributed by atoms with Crippen molar-refractivity contribution < 1.29 is 4.57 Å². The zero-order valence-corrected chi connectivity index (χ0v) is 11.6. The van der Waals surface area contributed by atoms with Gasteiger partial charge in [0.25, 0.3) is 0 Å². The van der Waals surface area contributed by atoms with Crippen molar-refractivity contribution in [2.75, 3.05) is 0 Å². The summed E-state index contributed by atoms with van der Waals surface area (Å²) in [5, 5.41) is 0. The average Bonchev–Trinajstić information content (AvgIpc) is 2.76. The minimum atomic E-state index is 0.261. The maximum Gasteiger partial charge on any atom is 0.243 e. The fraction of sp³-hybridized carbons (Fsp3) is 0.438. The number of hydrogen-bond donors (Lipinski definition) is 0. The maximum atomic E-state index is 2.33. The molecule has 0 spiro atoms. The monoisotopic (exact) mass is 243 g/mol. The Morgan fingerprint density at radius 1 is 1.17 bits per heavy atom.